The molecule has 0 fully saturated rings. The normalized spacial score (nSPS) is 11.6. The number of fused-ring (bicyclic) bond motifs is 1. The number of amides is 1. The van der Waals surface area contributed by atoms with Crippen molar-refractivity contribution in [2.24, 2.45) is 0 Å². The van der Waals surface area contributed by atoms with E-state index in [1.165, 1.54) is 36.5 Å². The number of hydrogen-bond donors (Lipinski definition) is 1. The van der Waals surface area contributed by atoms with Gasteiger partial charge in [-0.2, -0.15) is 18.3 Å². The average molecular weight is 431 g/mol. The summed E-state index contributed by atoms with van der Waals surface area (Å²) in [6, 6.07) is 9.71. The lowest BCUT2D eigenvalue weighted by Gasteiger charge is -2.10. The van der Waals surface area contributed by atoms with Gasteiger partial charge in [-0.1, -0.05) is 12.1 Å². The SMILES string of the molecule is O=C(Cn1cnc2c(cnn2-c2cccc(C(F)(F)F)c2)c1=O)Nc1cccc(F)c1. The van der Waals surface area contributed by atoms with Gasteiger partial charge in [0.25, 0.3) is 5.56 Å². The smallest absolute Gasteiger partial charge is 0.324 e. The summed E-state index contributed by atoms with van der Waals surface area (Å²) in [4.78, 5) is 29.0. The maximum atomic E-state index is 13.2. The number of nitrogens with one attached hydrogen (secondary N) is 1. The molecule has 31 heavy (non-hydrogen) atoms. The van der Waals surface area contributed by atoms with E-state index in [2.05, 4.69) is 15.4 Å². The van der Waals surface area contributed by atoms with E-state index >= 15 is 0 Å². The fourth-order valence-electron chi connectivity index (χ4n) is 2.99. The molecule has 2 aromatic carbocycles. The molecular formula is C20H13F4N5O2. The Hall–Kier alpha value is -4.02. The first-order valence-corrected chi connectivity index (χ1v) is 8.88. The third-order valence-corrected chi connectivity index (χ3v) is 4.39. The first kappa shape index (κ1) is 20.3. The summed E-state index contributed by atoms with van der Waals surface area (Å²) < 4.78 is 54.3. The molecule has 0 unspecified atom stereocenters. The number of benzene rings is 2. The Labute approximate surface area is 171 Å². The molecule has 2 aromatic heterocycles. The molecule has 7 nitrogen and oxygen atoms in total. The molecule has 0 aliphatic carbocycles. The van der Waals surface area contributed by atoms with Crippen molar-refractivity contribution in [1.82, 2.24) is 19.3 Å². The summed E-state index contributed by atoms with van der Waals surface area (Å²) in [6.45, 7) is -0.396. The fraction of sp³-hybridized carbons (Fsp3) is 0.100. The van der Waals surface area contributed by atoms with Crippen molar-refractivity contribution in [3.63, 3.8) is 0 Å². The van der Waals surface area contributed by atoms with Gasteiger partial charge in [0.15, 0.2) is 5.65 Å². The standard InChI is InChI=1S/C20H13F4N5O2/c21-13-4-2-5-14(8-13)27-17(30)10-28-11-25-18-16(19(28)31)9-26-29(18)15-6-1-3-12(7-15)20(22,23)24/h1-9,11H,10H2,(H,27,30). The van der Waals surface area contributed by atoms with E-state index in [9.17, 15) is 27.2 Å². The van der Waals surface area contributed by atoms with Crippen LogP contribution in [0.15, 0.2) is 65.8 Å². The molecule has 158 valence electrons. The maximum Gasteiger partial charge on any atom is 0.416 e. The zero-order valence-electron chi connectivity index (χ0n) is 15.6. The number of rotatable bonds is 4. The molecule has 1 amide bonds. The summed E-state index contributed by atoms with van der Waals surface area (Å²) in [5.74, 6) is -1.11. The Morgan fingerprint density at radius 3 is 2.61 bits per heavy atom. The monoisotopic (exact) mass is 431 g/mol. The first-order valence-electron chi connectivity index (χ1n) is 8.88. The number of anilines is 1. The molecule has 0 saturated heterocycles. The molecule has 4 rings (SSSR count). The molecule has 0 atom stereocenters. The van der Waals surface area contributed by atoms with Crippen molar-refractivity contribution in [2.75, 3.05) is 5.32 Å². The van der Waals surface area contributed by atoms with Gasteiger partial charge in [0.05, 0.1) is 17.4 Å². The molecule has 0 saturated carbocycles. The van der Waals surface area contributed by atoms with Gasteiger partial charge < -0.3 is 5.32 Å². The second-order valence-electron chi connectivity index (χ2n) is 6.58. The van der Waals surface area contributed by atoms with E-state index in [1.807, 2.05) is 0 Å². The van der Waals surface area contributed by atoms with Crippen LogP contribution >= 0.6 is 0 Å². The molecule has 1 N–H and O–H groups in total. The summed E-state index contributed by atoms with van der Waals surface area (Å²) in [6.07, 6.45) is -2.26. The van der Waals surface area contributed by atoms with Crippen molar-refractivity contribution < 1.29 is 22.4 Å². The van der Waals surface area contributed by atoms with Gasteiger partial charge in [-0.25, -0.2) is 14.1 Å². The molecule has 0 spiro atoms. The van der Waals surface area contributed by atoms with Crippen molar-refractivity contribution >= 4 is 22.6 Å². The number of carbonyl (C=O) groups excluding carboxylic acids is 1. The minimum Gasteiger partial charge on any atom is -0.324 e. The number of aromatic nitrogens is 4. The first-order chi connectivity index (χ1) is 14.7. The van der Waals surface area contributed by atoms with Crippen LogP contribution in [0.5, 0.6) is 0 Å². The molecule has 0 bridgehead atoms. The van der Waals surface area contributed by atoms with Gasteiger partial charge in [0.2, 0.25) is 5.91 Å². The van der Waals surface area contributed by atoms with Crippen LogP contribution in [-0.2, 0) is 17.5 Å². The van der Waals surface area contributed by atoms with Crippen LogP contribution in [0.3, 0.4) is 0 Å². The number of nitrogens with zero attached hydrogens (tertiary/aromatic N) is 4. The lowest BCUT2D eigenvalue weighted by Crippen LogP contribution is -2.27. The van der Waals surface area contributed by atoms with Gasteiger partial charge in [-0.15, -0.1) is 0 Å². The minimum atomic E-state index is -4.53. The van der Waals surface area contributed by atoms with Crippen molar-refractivity contribution in [1.29, 1.82) is 0 Å². The van der Waals surface area contributed by atoms with E-state index in [0.717, 1.165) is 33.8 Å². The topological polar surface area (TPSA) is 81.8 Å². The van der Waals surface area contributed by atoms with Gasteiger partial charge in [0, 0.05) is 5.69 Å². The van der Waals surface area contributed by atoms with E-state index in [1.54, 1.807) is 0 Å². The lowest BCUT2D eigenvalue weighted by atomic mass is 10.2. The van der Waals surface area contributed by atoms with Crippen molar-refractivity contribution in [3.05, 3.63) is 82.8 Å². The summed E-state index contributed by atoms with van der Waals surface area (Å²) >= 11 is 0. The number of carbonyl (C=O) groups is 1. The average Bonchev–Trinajstić information content (AvgIpc) is 3.14. The van der Waals surface area contributed by atoms with Crippen LogP contribution in [-0.4, -0.2) is 25.2 Å². The Balaban J connectivity index is 1.63. The minimum absolute atomic E-state index is 0.0264. The van der Waals surface area contributed by atoms with Gasteiger partial charge >= 0.3 is 6.18 Å². The molecule has 4 aromatic rings. The maximum absolute atomic E-state index is 13.2. The highest BCUT2D eigenvalue weighted by Gasteiger charge is 2.30. The summed E-state index contributed by atoms with van der Waals surface area (Å²) in [5, 5.41) is 6.47. The number of alkyl halides is 3. The highest BCUT2D eigenvalue weighted by molar-refractivity contribution is 5.90. The highest BCUT2D eigenvalue weighted by Crippen LogP contribution is 2.30. The molecular weight excluding hydrogens is 418 g/mol. The summed E-state index contributed by atoms with van der Waals surface area (Å²) in [5.41, 5.74) is -1.11. The van der Waals surface area contributed by atoms with Crippen LogP contribution in [0, 0.1) is 5.82 Å². The Bertz CT molecular complexity index is 1340. The molecule has 11 heteroatoms. The van der Waals surface area contributed by atoms with Crippen molar-refractivity contribution in [2.45, 2.75) is 12.7 Å². The van der Waals surface area contributed by atoms with E-state index in [4.69, 9.17) is 0 Å². The van der Waals surface area contributed by atoms with Crippen LogP contribution in [0.4, 0.5) is 23.2 Å². The van der Waals surface area contributed by atoms with Gasteiger partial charge in [-0.3, -0.25) is 14.2 Å². The third kappa shape index (κ3) is 4.15. The quantitative estimate of drug-likeness (QED) is 0.503. The number of halogens is 4. The van der Waals surface area contributed by atoms with E-state index in [0.29, 0.717) is 0 Å². The highest BCUT2D eigenvalue weighted by atomic mass is 19.4. The van der Waals surface area contributed by atoms with Crippen LogP contribution in [0.1, 0.15) is 5.56 Å². The Morgan fingerprint density at radius 2 is 1.87 bits per heavy atom. The van der Waals surface area contributed by atoms with Gasteiger partial charge in [0.1, 0.15) is 24.1 Å². The zero-order chi connectivity index (χ0) is 22.2. The molecule has 0 radical (unpaired) electrons. The molecule has 0 aliphatic heterocycles. The second kappa shape index (κ2) is 7.67. The largest absolute Gasteiger partial charge is 0.416 e. The third-order valence-electron chi connectivity index (χ3n) is 4.39. The van der Waals surface area contributed by atoms with E-state index < -0.39 is 35.6 Å². The van der Waals surface area contributed by atoms with Crippen LogP contribution in [0.2, 0.25) is 0 Å². The predicted octanol–water partition coefficient (Wildman–Crippen LogP) is 3.38. The number of hydrogen-bond acceptors (Lipinski definition) is 4. The van der Waals surface area contributed by atoms with Crippen LogP contribution < -0.4 is 10.9 Å². The second-order valence-corrected chi connectivity index (χ2v) is 6.58. The Kier molecular flexibility index (Phi) is 5.01. The summed E-state index contributed by atoms with van der Waals surface area (Å²) in [7, 11) is 0. The lowest BCUT2D eigenvalue weighted by molar-refractivity contribution is -0.137. The van der Waals surface area contributed by atoms with Gasteiger partial charge in [-0.05, 0) is 36.4 Å². The van der Waals surface area contributed by atoms with Crippen LogP contribution in [0.25, 0.3) is 16.7 Å². The fourth-order valence-corrected chi connectivity index (χ4v) is 2.99. The van der Waals surface area contributed by atoms with Crippen molar-refractivity contribution in [3.8, 4) is 5.69 Å². The predicted molar refractivity (Wildman–Crippen MR) is 103 cm³/mol. The Morgan fingerprint density at radius 1 is 1.10 bits per heavy atom. The zero-order valence-corrected chi connectivity index (χ0v) is 15.6. The molecule has 0 aliphatic rings. The molecule has 2 heterocycles. The van der Waals surface area contributed by atoms with E-state index in [-0.39, 0.29) is 22.4 Å².